The third kappa shape index (κ3) is 8.96. The lowest BCUT2D eigenvalue weighted by Crippen LogP contribution is -2.47. The number of hydrogen-bond acceptors (Lipinski definition) is 3. The lowest BCUT2D eigenvalue weighted by molar-refractivity contribution is -0.119. The number of primary amides is 1. The van der Waals surface area contributed by atoms with Gasteiger partial charge in [-0.3, -0.25) is 9.69 Å². The summed E-state index contributed by atoms with van der Waals surface area (Å²) in [6, 6.07) is 8.94. The number of hydrogen-bond donors (Lipinski definition) is 2. The zero-order valence-corrected chi connectivity index (χ0v) is 21.4. The number of nitrogens with one attached hydrogen (secondary N) is 1. The van der Waals surface area contributed by atoms with Gasteiger partial charge in [0.05, 0.1) is 6.54 Å². The summed E-state index contributed by atoms with van der Waals surface area (Å²) in [5.74, 6) is 1.07. The van der Waals surface area contributed by atoms with Crippen LogP contribution in [0.4, 0.5) is 0 Å². The Morgan fingerprint density at radius 3 is 2.39 bits per heavy atom. The molecule has 0 spiro atoms. The van der Waals surface area contributed by atoms with Crippen molar-refractivity contribution >= 4 is 35.8 Å². The van der Waals surface area contributed by atoms with Crippen LogP contribution in [0.15, 0.2) is 29.3 Å². The maximum absolute atomic E-state index is 11.3. The third-order valence-corrected chi connectivity index (χ3v) is 6.18. The van der Waals surface area contributed by atoms with Crippen LogP contribution >= 0.6 is 24.0 Å². The molecule has 31 heavy (non-hydrogen) atoms. The molecule has 7 heteroatoms. The molecule has 2 heterocycles. The summed E-state index contributed by atoms with van der Waals surface area (Å²) < 4.78 is 0. The molecule has 1 amide bonds. The van der Waals surface area contributed by atoms with Crippen LogP contribution in [0.25, 0.3) is 0 Å². The van der Waals surface area contributed by atoms with Crippen LogP contribution in [0, 0.1) is 5.92 Å². The van der Waals surface area contributed by atoms with Crippen molar-refractivity contribution in [2.45, 2.75) is 65.0 Å². The Kier molecular flexibility index (Phi) is 11.6. The Bertz CT molecular complexity index is 686. The number of aliphatic imine (C=N–C) groups is 1. The fraction of sp³-hybridized carbons (Fsp3) is 0.667. The fourth-order valence-electron chi connectivity index (χ4n) is 4.60. The number of guanidine groups is 1. The topological polar surface area (TPSA) is 74.0 Å². The molecular formula is C24H40IN5O. The highest BCUT2D eigenvalue weighted by atomic mass is 127. The van der Waals surface area contributed by atoms with Crippen LogP contribution in [0.5, 0.6) is 0 Å². The highest BCUT2D eigenvalue weighted by Gasteiger charge is 2.23. The summed E-state index contributed by atoms with van der Waals surface area (Å²) in [6.07, 6.45) is 8.02. The third-order valence-electron chi connectivity index (χ3n) is 6.18. The predicted octanol–water partition coefficient (Wildman–Crippen LogP) is 3.73. The molecule has 2 aliphatic heterocycles. The molecule has 2 fully saturated rings. The molecule has 0 aromatic heterocycles. The van der Waals surface area contributed by atoms with Crippen molar-refractivity contribution < 1.29 is 4.79 Å². The monoisotopic (exact) mass is 541 g/mol. The molecule has 0 saturated carbocycles. The average molecular weight is 542 g/mol. The Morgan fingerprint density at radius 2 is 1.74 bits per heavy atom. The van der Waals surface area contributed by atoms with Crippen molar-refractivity contribution in [2.24, 2.45) is 16.6 Å². The highest BCUT2D eigenvalue weighted by molar-refractivity contribution is 14.0. The van der Waals surface area contributed by atoms with Gasteiger partial charge in [0.25, 0.3) is 0 Å². The number of rotatable bonds is 7. The summed E-state index contributed by atoms with van der Waals surface area (Å²) in [5.41, 5.74) is 8.03. The summed E-state index contributed by atoms with van der Waals surface area (Å²) in [7, 11) is 0. The van der Waals surface area contributed by atoms with E-state index in [-0.39, 0.29) is 29.9 Å². The van der Waals surface area contributed by atoms with Gasteiger partial charge in [-0.2, -0.15) is 0 Å². The Balaban J connectivity index is 0.00000341. The van der Waals surface area contributed by atoms with Gasteiger partial charge in [-0.15, -0.1) is 24.0 Å². The van der Waals surface area contributed by atoms with Crippen molar-refractivity contribution in [1.29, 1.82) is 0 Å². The number of likely N-dealkylation sites (tertiary alicyclic amines) is 2. The largest absolute Gasteiger partial charge is 0.370 e. The maximum atomic E-state index is 11.3. The summed E-state index contributed by atoms with van der Waals surface area (Å²) in [5, 5.41) is 3.42. The lowest BCUT2D eigenvalue weighted by Gasteiger charge is -2.34. The molecule has 0 radical (unpaired) electrons. The molecule has 1 aromatic carbocycles. The molecule has 3 N–H and O–H groups in total. The number of carbonyl (C=O) groups is 1. The minimum absolute atomic E-state index is 0. The molecular weight excluding hydrogens is 501 g/mol. The van der Waals surface area contributed by atoms with Gasteiger partial charge in [-0.05, 0) is 62.7 Å². The van der Waals surface area contributed by atoms with E-state index in [1.54, 1.807) is 0 Å². The van der Waals surface area contributed by atoms with Gasteiger partial charge < -0.3 is 16.0 Å². The minimum Gasteiger partial charge on any atom is -0.370 e. The molecule has 2 aliphatic rings. The van der Waals surface area contributed by atoms with Gasteiger partial charge in [0.15, 0.2) is 5.96 Å². The first-order valence-electron chi connectivity index (χ1n) is 11.8. The second-order valence-corrected chi connectivity index (χ2v) is 8.80. The first kappa shape index (κ1) is 25.9. The van der Waals surface area contributed by atoms with Gasteiger partial charge in [-0.1, -0.05) is 37.1 Å². The number of carbonyl (C=O) groups excluding carboxylic acids is 1. The molecule has 2 saturated heterocycles. The standard InChI is InChI=1S/C24H39N5O.HI/c1-2-26-24(29-15-7-8-22(19-29)16-23(25)30)27-17-20-9-11-21(12-10-20)18-28-13-5-3-4-6-14-28;/h9-12,22H,2-8,13-19H2,1H3,(H2,25,30)(H,26,27);1H. The zero-order valence-electron chi connectivity index (χ0n) is 19.0. The molecule has 1 unspecified atom stereocenters. The summed E-state index contributed by atoms with van der Waals surface area (Å²) >= 11 is 0. The van der Waals surface area contributed by atoms with E-state index in [9.17, 15) is 4.79 Å². The Morgan fingerprint density at radius 1 is 1.06 bits per heavy atom. The van der Waals surface area contributed by atoms with Crippen molar-refractivity contribution in [2.75, 3.05) is 32.7 Å². The van der Waals surface area contributed by atoms with Gasteiger partial charge in [0.1, 0.15) is 0 Å². The normalized spacial score (nSPS) is 20.6. The molecule has 3 rings (SSSR count). The number of piperidine rings is 1. The van der Waals surface area contributed by atoms with E-state index in [1.807, 2.05) is 0 Å². The molecule has 1 atom stereocenters. The van der Waals surface area contributed by atoms with Gasteiger partial charge >= 0.3 is 0 Å². The van der Waals surface area contributed by atoms with Crippen LogP contribution in [-0.4, -0.2) is 54.4 Å². The first-order chi connectivity index (χ1) is 14.6. The second kappa shape index (κ2) is 13.9. The van der Waals surface area contributed by atoms with E-state index in [1.165, 1.54) is 49.9 Å². The maximum Gasteiger partial charge on any atom is 0.217 e. The molecule has 6 nitrogen and oxygen atoms in total. The van der Waals surface area contributed by atoms with Crippen molar-refractivity contribution in [3.05, 3.63) is 35.4 Å². The SMILES string of the molecule is CCNC(=NCc1ccc(CN2CCCCCC2)cc1)N1CCCC(CC(N)=O)C1.I. The van der Waals surface area contributed by atoms with Crippen LogP contribution in [0.1, 0.15) is 63.0 Å². The zero-order chi connectivity index (χ0) is 21.2. The summed E-state index contributed by atoms with van der Waals surface area (Å²) in [4.78, 5) is 21.1. The quantitative estimate of drug-likeness (QED) is 0.314. The van der Waals surface area contributed by atoms with Crippen LogP contribution < -0.4 is 11.1 Å². The minimum atomic E-state index is -0.205. The average Bonchev–Trinajstić information content (AvgIpc) is 3.00. The number of amides is 1. The van der Waals surface area contributed by atoms with E-state index < -0.39 is 0 Å². The number of nitrogens with zero attached hydrogens (tertiary/aromatic N) is 3. The van der Waals surface area contributed by atoms with E-state index in [4.69, 9.17) is 10.7 Å². The van der Waals surface area contributed by atoms with E-state index >= 15 is 0 Å². The molecule has 174 valence electrons. The van der Waals surface area contributed by atoms with Gasteiger partial charge in [0.2, 0.25) is 5.91 Å². The molecule has 1 aromatic rings. The van der Waals surface area contributed by atoms with E-state index in [0.29, 0.717) is 18.9 Å². The number of nitrogens with two attached hydrogens (primary N) is 1. The Labute approximate surface area is 205 Å². The number of benzene rings is 1. The van der Waals surface area contributed by atoms with Crippen molar-refractivity contribution in [1.82, 2.24) is 15.1 Å². The molecule has 0 aliphatic carbocycles. The fourth-order valence-corrected chi connectivity index (χ4v) is 4.60. The van der Waals surface area contributed by atoms with E-state index in [2.05, 4.69) is 46.3 Å². The van der Waals surface area contributed by atoms with E-state index in [0.717, 1.165) is 45.0 Å². The van der Waals surface area contributed by atoms with Crippen LogP contribution in [0.3, 0.4) is 0 Å². The van der Waals surface area contributed by atoms with Crippen LogP contribution in [-0.2, 0) is 17.9 Å². The second-order valence-electron chi connectivity index (χ2n) is 8.80. The van der Waals surface area contributed by atoms with Gasteiger partial charge in [0, 0.05) is 32.6 Å². The smallest absolute Gasteiger partial charge is 0.217 e. The molecule has 0 bridgehead atoms. The first-order valence-corrected chi connectivity index (χ1v) is 11.8. The van der Waals surface area contributed by atoms with Crippen LogP contribution in [0.2, 0.25) is 0 Å². The summed E-state index contributed by atoms with van der Waals surface area (Å²) in [6.45, 7) is 8.95. The van der Waals surface area contributed by atoms with Crippen molar-refractivity contribution in [3.63, 3.8) is 0 Å². The highest BCUT2D eigenvalue weighted by Crippen LogP contribution is 2.20. The van der Waals surface area contributed by atoms with Gasteiger partial charge in [-0.25, -0.2) is 4.99 Å². The number of halogens is 1. The lowest BCUT2D eigenvalue weighted by atomic mass is 9.95. The Hall–Kier alpha value is -1.35. The predicted molar refractivity (Wildman–Crippen MR) is 139 cm³/mol. The van der Waals surface area contributed by atoms with Crippen molar-refractivity contribution in [3.8, 4) is 0 Å².